The topological polar surface area (TPSA) is 9.23 Å². The first kappa shape index (κ1) is 13.9. The number of hydrogen-bond donors (Lipinski definition) is 0. The maximum Gasteiger partial charge on any atom is 0.134 e. The lowest BCUT2D eigenvalue weighted by molar-refractivity contribution is 0.305. The van der Waals surface area contributed by atoms with Crippen molar-refractivity contribution in [2.45, 2.75) is 19.3 Å². The van der Waals surface area contributed by atoms with Crippen molar-refractivity contribution in [3.63, 3.8) is 0 Å². The zero-order valence-corrected chi connectivity index (χ0v) is 13.3. The van der Waals surface area contributed by atoms with E-state index in [0.717, 1.165) is 28.6 Å². The zero-order valence-electron chi connectivity index (χ0n) is 10.2. The Balaban J connectivity index is 2.03. The number of benzene rings is 2. The van der Waals surface area contributed by atoms with Gasteiger partial charge in [0.2, 0.25) is 0 Å². The summed E-state index contributed by atoms with van der Waals surface area (Å²) in [6.07, 6.45) is 3.52. The van der Waals surface area contributed by atoms with E-state index in [1.807, 2.05) is 12.1 Å². The smallest absolute Gasteiger partial charge is 0.134 e. The van der Waals surface area contributed by atoms with Gasteiger partial charge in [-0.1, -0.05) is 46.3 Å². The van der Waals surface area contributed by atoms with E-state index in [0.29, 0.717) is 0 Å². The van der Waals surface area contributed by atoms with Crippen LogP contribution >= 0.6 is 31.9 Å². The van der Waals surface area contributed by atoms with Crippen molar-refractivity contribution < 1.29 is 4.74 Å². The number of unbranched alkanes of at least 4 members (excludes halogenated alkanes) is 2. The van der Waals surface area contributed by atoms with E-state index < -0.39 is 0 Å². The Morgan fingerprint density at radius 2 is 1.78 bits per heavy atom. The summed E-state index contributed by atoms with van der Waals surface area (Å²) in [4.78, 5) is 0. The highest BCUT2D eigenvalue weighted by Gasteiger charge is 2.05. The summed E-state index contributed by atoms with van der Waals surface area (Å²) in [5, 5.41) is 3.51. The molecule has 0 amide bonds. The molecule has 0 radical (unpaired) electrons. The van der Waals surface area contributed by atoms with Gasteiger partial charge in [0.15, 0.2) is 0 Å². The van der Waals surface area contributed by atoms with Gasteiger partial charge >= 0.3 is 0 Å². The molecule has 0 N–H and O–H groups in total. The molecular formula is C15H16Br2O. The van der Waals surface area contributed by atoms with E-state index in [1.165, 1.54) is 23.6 Å². The van der Waals surface area contributed by atoms with Crippen molar-refractivity contribution >= 4 is 42.6 Å². The number of hydrogen-bond acceptors (Lipinski definition) is 1. The van der Waals surface area contributed by atoms with Gasteiger partial charge in [-0.05, 0) is 52.0 Å². The molecule has 0 aliphatic carbocycles. The first-order valence-electron chi connectivity index (χ1n) is 6.19. The van der Waals surface area contributed by atoms with Gasteiger partial charge in [-0.3, -0.25) is 0 Å². The minimum Gasteiger partial charge on any atom is -0.492 e. The SMILES string of the molecule is BrCCCCCOc1ccc2ccccc2c1Br. The van der Waals surface area contributed by atoms with E-state index in [4.69, 9.17) is 4.74 Å². The Kier molecular flexibility index (Phi) is 5.51. The standard InChI is InChI=1S/C15H16Br2O/c16-10-4-1-5-11-18-14-9-8-12-6-2-3-7-13(12)15(14)17/h2-3,6-9H,1,4-5,10-11H2. The molecule has 1 nitrogen and oxygen atoms in total. The van der Waals surface area contributed by atoms with Gasteiger partial charge in [-0.25, -0.2) is 0 Å². The second-order valence-electron chi connectivity index (χ2n) is 4.20. The molecule has 0 saturated heterocycles. The molecular weight excluding hydrogens is 356 g/mol. The third-order valence-corrected chi connectivity index (χ3v) is 4.24. The lowest BCUT2D eigenvalue weighted by Gasteiger charge is -2.10. The lowest BCUT2D eigenvalue weighted by Crippen LogP contribution is -1.98. The van der Waals surface area contributed by atoms with Gasteiger partial charge in [0.05, 0.1) is 11.1 Å². The Labute approximate surface area is 125 Å². The maximum absolute atomic E-state index is 5.83. The highest BCUT2D eigenvalue weighted by Crippen LogP contribution is 2.33. The summed E-state index contributed by atoms with van der Waals surface area (Å²) in [6.45, 7) is 0.782. The zero-order chi connectivity index (χ0) is 12.8. The molecule has 96 valence electrons. The number of fused-ring (bicyclic) bond motifs is 1. The van der Waals surface area contributed by atoms with Crippen LogP contribution in [-0.2, 0) is 0 Å². The van der Waals surface area contributed by atoms with Crippen LogP contribution in [0.3, 0.4) is 0 Å². The van der Waals surface area contributed by atoms with Crippen LogP contribution in [0.2, 0.25) is 0 Å². The third kappa shape index (κ3) is 3.48. The van der Waals surface area contributed by atoms with E-state index >= 15 is 0 Å². The average molecular weight is 372 g/mol. The van der Waals surface area contributed by atoms with Gasteiger partial charge in [0.25, 0.3) is 0 Å². The van der Waals surface area contributed by atoms with Gasteiger partial charge < -0.3 is 4.74 Å². The molecule has 2 aromatic rings. The molecule has 3 heteroatoms. The van der Waals surface area contributed by atoms with Gasteiger partial charge in [-0.2, -0.15) is 0 Å². The molecule has 0 atom stereocenters. The first-order chi connectivity index (χ1) is 8.83. The summed E-state index contributed by atoms with van der Waals surface area (Å²) in [5.74, 6) is 0.938. The summed E-state index contributed by atoms with van der Waals surface area (Å²) >= 11 is 7.07. The quantitative estimate of drug-likeness (QED) is 0.478. The highest BCUT2D eigenvalue weighted by molar-refractivity contribution is 9.10. The molecule has 0 aliphatic heterocycles. The van der Waals surface area contributed by atoms with Crippen molar-refractivity contribution in [1.82, 2.24) is 0 Å². The van der Waals surface area contributed by atoms with Crippen LogP contribution < -0.4 is 4.74 Å². The van der Waals surface area contributed by atoms with Crippen molar-refractivity contribution in [1.29, 1.82) is 0 Å². The van der Waals surface area contributed by atoms with E-state index in [9.17, 15) is 0 Å². The predicted molar refractivity (Wildman–Crippen MR) is 84.8 cm³/mol. The number of alkyl halides is 1. The molecule has 0 fully saturated rings. The van der Waals surface area contributed by atoms with Crippen LogP contribution in [0.4, 0.5) is 0 Å². The second kappa shape index (κ2) is 7.15. The van der Waals surface area contributed by atoms with Crippen molar-refractivity contribution in [2.24, 2.45) is 0 Å². The molecule has 18 heavy (non-hydrogen) atoms. The van der Waals surface area contributed by atoms with Crippen LogP contribution in [0.1, 0.15) is 19.3 Å². The number of ether oxygens (including phenoxy) is 1. The second-order valence-corrected chi connectivity index (χ2v) is 5.78. The average Bonchev–Trinajstić information content (AvgIpc) is 2.41. The molecule has 2 rings (SSSR count). The van der Waals surface area contributed by atoms with Crippen LogP contribution in [-0.4, -0.2) is 11.9 Å². The Hall–Kier alpha value is -0.540. The van der Waals surface area contributed by atoms with Gasteiger partial charge in [0.1, 0.15) is 5.75 Å². The monoisotopic (exact) mass is 370 g/mol. The fourth-order valence-electron chi connectivity index (χ4n) is 1.88. The Morgan fingerprint density at radius 3 is 2.61 bits per heavy atom. The van der Waals surface area contributed by atoms with Gasteiger partial charge in [0, 0.05) is 5.33 Å². The van der Waals surface area contributed by atoms with E-state index in [-0.39, 0.29) is 0 Å². The fourth-order valence-corrected chi connectivity index (χ4v) is 2.88. The summed E-state index contributed by atoms with van der Waals surface area (Å²) in [6, 6.07) is 12.5. The molecule has 2 aromatic carbocycles. The normalized spacial score (nSPS) is 10.8. The van der Waals surface area contributed by atoms with Crippen LogP contribution in [0, 0.1) is 0 Å². The predicted octanol–water partition coefficient (Wildman–Crippen LogP) is 5.55. The fraction of sp³-hybridized carbons (Fsp3) is 0.333. The van der Waals surface area contributed by atoms with Crippen LogP contribution in [0.5, 0.6) is 5.75 Å². The molecule has 0 heterocycles. The number of rotatable bonds is 6. The summed E-state index contributed by atoms with van der Waals surface area (Å²) < 4.78 is 6.89. The maximum atomic E-state index is 5.83. The molecule has 0 unspecified atom stereocenters. The van der Waals surface area contributed by atoms with Crippen LogP contribution in [0.15, 0.2) is 40.9 Å². The van der Waals surface area contributed by atoms with Crippen molar-refractivity contribution in [3.8, 4) is 5.75 Å². The molecule has 0 saturated carbocycles. The largest absolute Gasteiger partial charge is 0.492 e. The summed E-state index contributed by atoms with van der Waals surface area (Å²) in [5.41, 5.74) is 0. The Bertz CT molecular complexity index is 511. The summed E-state index contributed by atoms with van der Waals surface area (Å²) in [7, 11) is 0. The van der Waals surface area contributed by atoms with Gasteiger partial charge in [-0.15, -0.1) is 0 Å². The first-order valence-corrected chi connectivity index (χ1v) is 8.10. The van der Waals surface area contributed by atoms with Crippen molar-refractivity contribution in [2.75, 3.05) is 11.9 Å². The lowest BCUT2D eigenvalue weighted by atomic mass is 10.1. The Morgan fingerprint density at radius 1 is 0.944 bits per heavy atom. The molecule has 0 aromatic heterocycles. The minimum absolute atomic E-state index is 0.782. The third-order valence-electron chi connectivity index (χ3n) is 2.86. The van der Waals surface area contributed by atoms with Crippen molar-refractivity contribution in [3.05, 3.63) is 40.9 Å². The molecule has 0 aliphatic rings. The van der Waals surface area contributed by atoms with E-state index in [1.54, 1.807) is 0 Å². The van der Waals surface area contributed by atoms with Crippen LogP contribution in [0.25, 0.3) is 10.8 Å². The molecule has 0 spiro atoms. The number of halogens is 2. The van der Waals surface area contributed by atoms with E-state index in [2.05, 4.69) is 56.1 Å². The minimum atomic E-state index is 0.782. The highest BCUT2D eigenvalue weighted by atomic mass is 79.9. The molecule has 0 bridgehead atoms.